The minimum atomic E-state index is -1.16. The Morgan fingerprint density at radius 2 is 1.76 bits per heavy atom. The average Bonchev–Trinajstić information content (AvgIpc) is 2.35. The molecule has 0 saturated heterocycles. The van der Waals surface area contributed by atoms with E-state index in [1.54, 1.807) is 0 Å². The van der Waals surface area contributed by atoms with Crippen LogP contribution in [-0.2, 0) is 9.53 Å². The molecule has 1 rings (SSSR count). The van der Waals surface area contributed by atoms with E-state index < -0.39 is 14.0 Å². The molecular weight excluding hydrogens is 313 g/mol. The topological polar surface area (TPSA) is 78.5 Å². The number of amides is 1. The SMILES string of the molecule is C[Si](C)(C)CCOC(=O)NC[C@H]1CC[C@H](C(=O)[O-])CC1.[K+]. The van der Waals surface area contributed by atoms with Crippen molar-refractivity contribution < 1.29 is 70.8 Å². The fourth-order valence-electron chi connectivity index (χ4n) is 2.33. The number of hydrogen-bond acceptors (Lipinski definition) is 4. The fraction of sp³-hybridized carbons (Fsp3) is 0.857. The van der Waals surface area contributed by atoms with Crippen LogP contribution in [0.1, 0.15) is 25.7 Å². The maximum atomic E-state index is 11.5. The molecular formula is C14H26KNO4Si. The second kappa shape index (κ2) is 10.4. The quantitative estimate of drug-likeness (QED) is 0.605. The van der Waals surface area contributed by atoms with Crippen molar-refractivity contribution in [2.75, 3.05) is 13.2 Å². The van der Waals surface area contributed by atoms with Crippen LogP contribution in [0, 0.1) is 11.8 Å². The zero-order valence-corrected chi connectivity index (χ0v) is 17.9. The third-order valence-corrected chi connectivity index (χ3v) is 5.50. The second-order valence-electron chi connectivity index (χ2n) is 6.86. The Morgan fingerprint density at radius 3 is 2.24 bits per heavy atom. The van der Waals surface area contributed by atoms with Crippen LogP contribution in [0.4, 0.5) is 4.79 Å². The molecule has 1 saturated carbocycles. The van der Waals surface area contributed by atoms with E-state index >= 15 is 0 Å². The maximum Gasteiger partial charge on any atom is 1.00 e. The van der Waals surface area contributed by atoms with Gasteiger partial charge in [-0.3, -0.25) is 0 Å². The molecule has 116 valence electrons. The Labute approximate surface area is 171 Å². The number of alkyl carbamates (subject to hydrolysis) is 1. The number of nitrogens with one attached hydrogen (secondary N) is 1. The van der Waals surface area contributed by atoms with Crippen molar-refractivity contribution in [1.82, 2.24) is 5.32 Å². The molecule has 1 N–H and O–H groups in total. The first kappa shape index (κ1) is 21.6. The summed E-state index contributed by atoms with van der Waals surface area (Å²) >= 11 is 0. The number of carbonyl (C=O) groups is 2. The van der Waals surface area contributed by atoms with Gasteiger partial charge in [0.05, 0.1) is 6.61 Å². The summed E-state index contributed by atoms with van der Waals surface area (Å²) in [6.07, 6.45) is 2.60. The van der Waals surface area contributed by atoms with Crippen molar-refractivity contribution in [3.8, 4) is 0 Å². The smallest absolute Gasteiger partial charge is 0.550 e. The van der Waals surface area contributed by atoms with E-state index in [-0.39, 0.29) is 63.4 Å². The van der Waals surface area contributed by atoms with E-state index in [4.69, 9.17) is 4.74 Å². The maximum absolute atomic E-state index is 11.5. The Kier molecular flexibility index (Phi) is 10.7. The van der Waals surface area contributed by atoms with E-state index in [2.05, 4.69) is 25.0 Å². The standard InChI is InChI=1S/C14H27NO4Si.K/c1-20(2,3)9-8-19-14(18)15-10-11-4-6-12(7-5-11)13(16)17;/h11-12H,4-10H2,1-3H3,(H,15,18)(H,16,17);/q;+1/p-1/t11-,12-;. The Bertz CT molecular complexity index is 338. The molecule has 0 bridgehead atoms. The summed E-state index contributed by atoms with van der Waals surface area (Å²) in [6, 6.07) is 0.969. The van der Waals surface area contributed by atoms with Crippen LogP contribution in [-0.4, -0.2) is 33.3 Å². The van der Waals surface area contributed by atoms with Crippen molar-refractivity contribution >= 4 is 20.1 Å². The summed E-state index contributed by atoms with van der Waals surface area (Å²) in [7, 11) is -1.16. The molecule has 0 radical (unpaired) electrons. The van der Waals surface area contributed by atoms with E-state index in [0.717, 1.165) is 18.9 Å². The van der Waals surface area contributed by atoms with Gasteiger partial charge in [0.25, 0.3) is 0 Å². The largest absolute Gasteiger partial charge is 1.00 e. The van der Waals surface area contributed by atoms with Gasteiger partial charge in [0, 0.05) is 20.6 Å². The van der Waals surface area contributed by atoms with Gasteiger partial charge < -0.3 is 20.0 Å². The molecule has 0 aromatic heterocycles. The van der Waals surface area contributed by atoms with Gasteiger partial charge in [-0.2, -0.15) is 0 Å². The normalized spacial score (nSPS) is 22.0. The van der Waals surface area contributed by atoms with Crippen LogP contribution in [0.3, 0.4) is 0 Å². The Morgan fingerprint density at radius 1 is 1.19 bits per heavy atom. The summed E-state index contributed by atoms with van der Waals surface area (Å²) in [5, 5.41) is 13.5. The van der Waals surface area contributed by atoms with Gasteiger partial charge in [0.15, 0.2) is 0 Å². The van der Waals surface area contributed by atoms with Crippen molar-refractivity contribution in [2.24, 2.45) is 11.8 Å². The molecule has 1 aliphatic carbocycles. The third-order valence-electron chi connectivity index (χ3n) is 3.80. The zero-order valence-electron chi connectivity index (χ0n) is 13.7. The molecule has 0 aromatic rings. The third kappa shape index (κ3) is 10.1. The second-order valence-corrected chi connectivity index (χ2v) is 12.5. The van der Waals surface area contributed by atoms with Crippen molar-refractivity contribution in [3.05, 3.63) is 0 Å². The van der Waals surface area contributed by atoms with Gasteiger partial charge in [0.2, 0.25) is 0 Å². The van der Waals surface area contributed by atoms with Gasteiger partial charge in [-0.05, 0) is 43.6 Å². The van der Waals surface area contributed by atoms with Crippen molar-refractivity contribution in [1.29, 1.82) is 0 Å². The minimum absolute atomic E-state index is 0. The molecule has 5 nitrogen and oxygen atoms in total. The van der Waals surface area contributed by atoms with Crippen molar-refractivity contribution in [3.63, 3.8) is 0 Å². The average molecular weight is 340 g/mol. The molecule has 0 aliphatic heterocycles. The first-order valence-corrected chi connectivity index (χ1v) is 11.1. The van der Waals surface area contributed by atoms with E-state index in [1.165, 1.54) is 0 Å². The zero-order chi connectivity index (χ0) is 15.2. The fourth-order valence-corrected chi connectivity index (χ4v) is 3.05. The number of carbonyl (C=O) groups excluding carboxylic acids is 2. The molecule has 1 amide bonds. The predicted molar refractivity (Wildman–Crippen MR) is 78.0 cm³/mol. The molecule has 1 fully saturated rings. The van der Waals surface area contributed by atoms with Gasteiger partial charge >= 0.3 is 57.5 Å². The summed E-state index contributed by atoms with van der Waals surface area (Å²) in [6.45, 7) is 7.78. The molecule has 0 atom stereocenters. The van der Waals surface area contributed by atoms with Crippen molar-refractivity contribution in [2.45, 2.75) is 51.4 Å². The first-order chi connectivity index (χ1) is 9.28. The molecule has 1 aliphatic rings. The summed E-state index contributed by atoms with van der Waals surface area (Å²) in [5.41, 5.74) is 0. The van der Waals surface area contributed by atoms with E-state index in [9.17, 15) is 14.7 Å². The van der Waals surface area contributed by atoms with Crippen LogP contribution in [0.5, 0.6) is 0 Å². The van der Waals surface area contributed by atoms with Crippen LogP contribution in [0.25, 0.3) is 0 Å². The molecule has 0 aromatic carbocycles. The first-order valence-electron chi connectivity index (χ1n) is 7.39. The van der Waals surface area contributed by atoms with Gasteiger partial charge in [-0.15, -0.1) is 0 Å². The van der Waals surface area contributed by atoms with Gasteiger partial charge in [-0.25, -0.2) is 4.79 Å². The minimum Gasteiger partial charge on any atom is -0.550 e. The molecule has 7 heteroatoms. The Balaban J connectivity index is 0.00000400. The Hall–Kier alpha value is 0.593. The number of ether oxygens (including phenoxy) is 1. The number of hydrogen-bond donors (Lipinski definition) is 1. The molecule has 0 unspecified atom stereocenters. The van der Waals surface area contributed by atoms with Crippen LogP contribution < -0.4 is 61.8 Å². The van der Waals surface area contributed by atoms with E-state index in [0.29, 0.717) is 31.9 Å². The monoisotopic (exact) mass is 339 g/mol. The predicted octanol–water partition coefficient (Wildman–Crippen LogP) is -1.39. The molecule has 21 heavy (non-hydrogen) atoms. The number of aliphatic carboxylic acids is 1. The van der Waals surface area contributed by atoms with Crippen LogP contribution in [0.2, 0.25) is 25.7 Å². The number of carboxylic acids is 1. The summed E-state index contributed by atoms with van der Waals surface area (Å²) in [5.74, 6) is -0.896. The number of rotatable bonds is 6. The van der Waals surface area contributed by atoms with Gasteiger partial charge in [0.1, 0.15) is 0 Å². The summed E-state index contributed by atoms with van der Waals surface area (Å²) in [4.78, 5) is 22.3. The molecule has 0 heterocycles. The van der Waals surface area contributed by atoms with Crippen LogP contribution in [0.15, 0.2) is 0 Å². The summed E-state index contributed by atoms with van der Waals surface area (Å²) < 4.78 is 5.15. The van der Waals surface area contributed by atoms with Crippen LogP contribution >= 0.6 is 0 Å². The molecule has 0 spiro atoms. The number of carboxylic acid groups (broad SMARTS) is 1. The van der Waals surface area contributed by atoms with Gasteiger partial charge in [-0.1, -0.05) is 19.6 Å². The van der Waals surface area contributed by atoms with E-state index in [1.807, 2.05) is 0 Å².